The van der Waals surface area contributed by atoms with Gasteiger partial charge in [0.1, 0.15) is 12.4 Å². The van der Waals surface area contributed by atoms with E-state index in [1.54, 1.807) is 14.2 Å². The normalized spacial score (nSPS) is 20.9. The van der Waals surface area contributed by atoms with E-state index < -0.39 is 0 Å². The molecule has 2 aromatic rings. The summed E-state index contributed by atoms with van der Waals surface area (Å²) in [5.74, 6) is 1.68. The fraction of sp³-hybridized carbons (Fsp3) is 0.625. The number of hydrogen-bond acceptors (Lipinski definition) is 8. The van der Waals surface area contributed by atoms with Gasteiger partial charge in [-0.3, -0.25) is 0 Å². The Bertz CT molecular complexity index is 1000. The lowest BCUT2D eigenvalue weighted by atomic mass is 9.78. The number of fused-ring (bicyclic) bond motifs is 1. The number of rotatable bonds is 16. The maximum absolute atomic E-state index is 6.71. The zero-order valence-corrected chi connectivity index (χ0v) is 24.8. The van der Waals surface area contributed by atoms with Crippen LogP contribution in [0.4, 0.5) is 5.69 Å². The quantitative estimate of drug-likeness (QED) is 0.302. The number of hydrogen-bond donors (Lipinski definition) is 2. The predicted octanol–water partition coefficient (Wildman–Crippen LogP) is 3.97. The van der Waals surface area contributed by atoms with Crippen molar-refractivity contribution in [3.63, 3.8) is 0 Å². The number of nitrogens with zero attached hydrogens (tertiary/aromatic N) is 1. The van der Waals surface area contributed by atoms with Crippen molar-refractivity contribution in [3.05, 3.63) is 59.2 Å². The van der Waals surface area contributed by atoms with E-state index in [1.165, 1.54) is 16.7 Å². The standard InChI is InChI=1S/C32H49N3O5/c1-24(2)34-20-28-19-33-21-31(32(28)27-9-6-25(7-10-27)22-38-17-16-37-4)40-23-26-8-11-30-29(18-26)35(13-15-39-30)12-5-14-36-3/h6-11,18,24,28,31-34H,5,12-17,19-23H2,1-4H3/t28-,31-,32-/m0/s1. The molecule has 0 spiro atoms. The van der Waals surface area contributed by atoms with Crippen molar-refractivity contribution in [2.24, 2.45) is 5.92 Å². The Morgan fingerprint density at radius 1 is 0.975 bits per heavy atom. The van der Waals surface area contributed by atoms with Gasteiger partial charge in [0.15, 0.2) is 0 Å². The lowest BCUT2D eigenvalue weighted by Gasteiger charge is -2.39. The Hall–Kier alpha value is -2.20. The van der Waals surface area contributed by atoms with E-state index in [-0.39, 0.29) is 6.10 Å². The molecule has 222 valence electrons. The number of nitrogens with one attached hydrogen (secondary N) is 2. The maximum atomic E-state index is 6.71. The Morgan fingerprint density at radius 2 is 1.77 bits per heavy atom. The van der Waals surface area contributed by atoms with Gasteiger partial charge in [0.25, 0.3) is 0 Å². The number of methoxy groups -OCH3 is 2. The van der Waals surface area contributed by atoms with Gasteiger partial charge in [-0.05, 0) is 47.7 Å². The topological polar surface area (TPSA) is 73.5 Å². The molecule has 0 aliphatic carbocycles. The molecule has 2 aliphatic heterocycles. The lowest BCUT2D eigenvalue weighted by Crippen LogP contribution is -2.50. The van der Waals surface area contributed by atoms with Crippen molar-refractivity contribution >= 4 is 5.69 Å². The van der Waals surface area contributed by atoms with Gasteiger partial charge in [0.2, 0.25) is 0 Å². The third-order valence-electron chi connectivity index (χ3n) is 7.74. The highest BCUT2D eigenvalue weighted by atomic mass is 16.5. The fourth-order valence-electron chi connectivity index (χ4n) is 5.62. The van der Waals surface area contributed by atoms with Gasteiger partial charge in [-0.15, -0.1) is 0 Å². The summed E-state index contributed by atoms with van der Waals surface area (Å²) in [4.78, 5) is 2.40. The monoisotopic (exact) mass is 555 g/mol. The molecule has 40 heavy (non-hydrogen) atoms. The molecule has 0 saturated carbocycles. The molecule has 3 atom stereocenters. The van der Waals surface area contributed by atoms with Crippen LogP contribution in [0, 0.1) is 5.92 Å². The Labute approximate surface area is 240 Å². The van der Waals surface area contributed by atoms with Crippen LogP contribution in [-0.4, -0.2) is 85.5 Å². The summed E-state index contributed by atoms with van der Waals surface area (Å²) in [6, 6.07) is 15.8. The second-order valence-electron chi connectivity index (χ2n) is 11.1. The largest absolute Gasteiger partial charge is 0.490 e. The average Bonchev–Trinajstić information content (AvgIpc) is 2.98. The van der Waals surface area contributed by atoms with E-state index in [0.29, 0.717) is 44.3 Å². The average molecular weight is 556 g/mol. The summed E-state index contributed by atoms with van der Waals surface area (Å²) in [5, 5.41) is 7.31. The highest BCUT2D eigenvalue weighted by Crippen LogP contribution is 2.35. The van der Waals surface area contributed by atoms with Crippen LogP contribution < -0.4 is 20.3 Å². The molecule has 0 radical (unpaired) electrons. The van der Waals surface area contributed by atoms with E-state index in [2.05, 4.69) is 71.8 Å². The van der Waals surface area contributed by atoms with E-state index >= 15 is 0 Å². The van der Waals surface area contributed by atoms with E-state index in [0.717, 1.165) is 63.8 Å². The van der Waals surface area contributed by atoms with Crippen LogP contribution in [-0.2, 0) is 32.2 Å². The van der Waals surface area contributed by atoms with Crippen molar-refractivity contribution < 1.29 is 23.7 Å². The van der Waals surface area contributed by atoms with Gasteiger partial charge in [-0.2, -0.15) is 0 Å². The molecule has 4 rings (SSSR count). The highest BCUT2D eigenvalue weighted by molar-refractivity contribution is 5.61. The first kappa shape index (κ1) is 30.8. The lowest BCUT2D eigenvalue weighted by molar-refractivity contribution is -0.00613. The molecule has 2 N–H and O–H groups in total. The molecule has 0 amide bonds. The van der Waals surface area contributed by atoms with Crippen LogP contribution in [0.1, 0.15) is 42.9 Å². The molecular formula is C32H49N3O5. The maximum Gasteiger partial charge on any atom is 0.142 e. The molecule has 1 saturated heterocycles. The zero-order chi connectivity index (χ0) is 28.2. The Morgan fingerprint density at radius 3 is 2.55 bits per heavy atom. The summed E-state index contributed by atoms with van der Waals surface area (Å²) < 4.78 is 28.7. The van der Waals surface area contributed by atoms with Crippen LogP contribution in [0.15, 0.2) is 42.5 Å². The van der Waals surface area contributed by atoms with Crippen LogP contribution in [0.5, 0.6) is 5.75 Å². The van der Waals surface area contributed by atoms with Crippen LogP contribution in [0.25, 0.3) is 0 Å². The minimum atomic E-state index is 0.0709. The smallest absolute Gasteiger partial charge is 0.142 e. The van der Waals surface area contributed by atoms with Gasteiger partial charge in [-0.25, -0.2) is 0 Å². The van der Waals surface area contributed by atoms with Gasteiger partial charge < -0.3 is 39.2 Å². The first-order valence-corrected chi connectivity index (χ1v) is 14.8. The molecule has 0 aromatic heterocycles. The molecule has 0 bridgehead atoms. The Balaban J connectivity index is 1.45. The second-order valence-corrected chi connectivity index (χ2v) is 11.1. The van der Waals surface area contributed by atoms with Crippen molar-refractivity contribution in [1.82, 2.24) is 10.6 Å². The first-order valence-electron chi connectivity index (χ1n) is 14.8. The van der Waals surface area contributed by atoms with Crippen molar-refractivity contribution in [2.75, 3.05) is 78.3 Å². The van der Waals surface area contributed by atoms with Crippen molar-refractivity contribution in [1.29, 1.82) is 0 Å². The van der Waals surface area contributed by atoms with Gasteiger partial charge in [-0.1, -0.05) is 44.2 Å². The van der Waals surface area contributed by atoms with E-state index in [4.69, 9.17) is 23.7 Å². The third kappa shape index (κ3) is 8.90. The zero-order valence-electron chi connectivity index (χ0n) is 24.8. The number of anilines is 1. The molecule has 2 aliphatic rings. The number of benzene rings is 2. The fourth-order valence-corrected chi connectivity index (χ4v) is 5.62. The van der Waals surface area contributed by atoms with Crippen LogP contribution in [0.2, 0.25) is 0 Å². The van der Waals surface area contributed by atoms with E-state index in [1.807, 2.05) is 0 Å². The van der Waals surface area contributed by atoms with Crippen molar-refractivity contribution in [3.8, 4) is 5.75 Å². The Kier molecular flexibility index (Phi) is 12.5. The second kappa shape index (κ2) is 16.3. The molecule has 2 heterocycles. The SMILES string of the molecule is COCCCN1CCOc2ccc(CO[C@H]3CNC[C@@H](CNC(C)C)[C@@H]3c3ccc(COCCOC)cc3)cc21. The van der Waals surface area contributed by atoms with Crippen LogP contribution in [0.3, 0.4) is 0 Å². The van der Waals surface area contributed by atoms with E-state index in [9.17, 15) is 0 Å². The summed E-state index contributed by atoms with van der Waals surface area (Å²) in [7, 11) is 3.45. The summed E-state index contributed by atoms with van der Waals surface area (Å²) in [5.41, 5.74) is 4.83. The van der Waals surface area contributed by atoms with Crippen LogP contribution >= 0.6 is 0 Å². The molecular weight excluding hydrogens is 506 g/mol. The van der Waals surface area contributed by atoms with Crippen molar-refractivity contribution in [2.45, 2.75) is 51.5 Å². The molecule has 8 nitrogen and oxygen atoms in total. The minimum absolute atomic E-state index is 0.0709. The molecule has 1 fully saturated rings. The minimum Gasteiger partial charge on any atom is -0.490 e. The summed E-state index contributed by atoms with van der Waals surface area (Å²) in [6.45, 7) is 12.9. The van der Waals surface area contributed by atoms with Gasteiger partial charge in [0.05, 0.1) is 44.8 Å². The van der Waals surface area contributed by atoms with Gasteiger partial charge in [0, 0.05) is 52.4 Å². The summed E-state index contributed by atoms with van der Waals surface area (Å²) >= 11 is 0. The first-order chi connectivity index (χ1) is 19.6. The van der Waals surface area contributed by atoms with Gasteiger partial charge >= 0.3 is 0 Å². The number of piperidine rings is 1. The molecule has 8 heteroatoms. The number of ether oxygens (including phenoxy) is 5. The summed E-state index contributed by atoms with van der Waals surface area (Å²) in [6.07, 6.45) is 1.07. The third-order valence-corrected chi connectivity index (χ3v) is 7.74. The predicted molar refractivity (Wildman–Crippen MR) is 159 cm³/mol. The molecule has 2 aromatic carbocycles. The molecule has 0 unspecified atom stereocenters. The highest BCUT2D eigenvalue weighted by Gasteiger charge is 2.35.